The summed E-state index contributed by atoms with van der Waals surface area (Å²) in [7, 11) is 0. The minimum absolute atomic E-state index is 0.183. The zero-order valence-electron chi connectivity index (χ0n) is 10.4. The van der Waals surface area contributed by atoms with E-state index in [4.69, 9.17) is 10.5 Å². The zero-order chi connectivity index (χ0) is 11.1. The average Bonchev–Trinajstić information content (AvgIpc) is 2.73. The van der Waals surface area contributed by atoms with Gasteiger partial charge in [0.25, 0.3) is 0 Å². The summed E-state index contributed by atoms with van der Waals surface area (Å²) in [5.41, 5.74) is 6.27. The number of hydrogen-bond acceptors (Lipinski definition) is 2. The van der Waals surface area contributed by atoms with E-state index < -0.39 is 0 Å². The van der Waals surface area contributed by atoms with E-state index in [0.29, 0.717) is 18.1 Å². The van der Waals surface area contributed by atoms with Crippen LogP contribution in [0.4, 0.5) is 0 Å². The molecule has 1 aliphatic heterocycles. The maximum atomic E-state index is 6.27. The monoisotopic (exact) mass is 211 g/mol. The van der Waals surface area contributed by atoms with Crippen LogP contribution >= 0.6 is 0 Å². The van der Waals surface area contributed by atoms with E-state index in [9.17, 15) is 0 Å². The van der Waals surface area contributed by atoms with Crippen molar-refractivity contribution in [3.8, 4) is 0 Å². The highest BCUT2D eigenvalue weighted by molar-refractivity contribution is 5.02. The van der Waals surface area contributed by atoms with Crippen LogP contribution in [0.3, 0.4) is 0 Å². The summed E-state index contributed by atoms with van der Waals surface area (Å²) < 4.78 is 6.27. The lowest BCUT2D eigenvalue weighted by Crippen LogP contribution is -2.41. The first-order chi connectivity index (χ1) is 6.98. The fourth-order valence-electron chi connectivity index (χ4n) is 3.73. The Kier molecular flexibility index (Phi) is 2.85. The fourth-order valence-corrected chi connectivity index (χ4v) is 3.73. The molecule has 2 heteroatoms. The third kappa shape index (κ3) is 1.94. The topological polar surface area (TPSA) is 35.2 Å². The van der Waals surface area contributed by atoms with Gasteiger partial charge in [0.2, 0.25) is 0 Å². The number of nitrogens with two attached hydrogens (primary N) is 1. The third-order valence-electron chi connectivity index (χ3n) is 4.33. The van der Waals surface area contributed by atoms with Gasteiger partial charge in [0.1, 0.15) is 0 Å². The van der Waals surface area contributed by atoms with Crippen molar-refractivity contribution >= 4 is 0 Å². The summed E-state index contributed by atoms with van der Waals surface area (Å²) in [6.45, 7) is 7.75. The molecule has 0 aromatic carbocycles. The summed E-state index contributed by atoms with van der Waals surface area (Å²) >= 11 is 0. The van der Waals surface area contributed by atoms with Gasteiger partial charge in [-0.05, 0) is 37.0 Å². The molecule has 1 spiro atoms. The molecule has 1 heterocycles. The summed E-state index contributed by atoms with van der Waals surface area (Å²) in [5, 5.41) is 0. The molecule has 1 saturated heterocycles. The molecule has 0 amide bonds. The molecule has 3 unspecified atom stereocenters. The Morgan fingerprint density at radius 3 is 2.53 bits per heavy atom. The standard InChI is InChI=1S/C13H25NO/c1-12(2,3)11-5-4-7-13(11)8-6-10(9-14)15-13/h10-11H,4-9,14H2,1-3H3. The fraction of sp³-hybridized carbons (Fsp3) is 1.00. The first kappa shape index (κ1) is 11.4. The van der Waals surface area contributed by atoms with Gasteiger partial charge in [-0.15, -0.1) is 0 Å². The third-order valence-corrected chi connectivity index (χ3v) is 4.33. The second kappa shape index (κ2) is 3.74. The normalized spacial score (nSPS) is 41.6. The van der Waals surface area contributed by atoms with Gasteiger partial charge in [-0.1, -0.05) is 27.2 Å². The zero-order valence-corrected chi connectivity index (χ0v) is 10.4. The van der Waals surface area contributed by atoms with Crippen molar-refractivity contribution in [2.75, 3.05) is 6.54 Å². The smallest absolute Gasteiger partial charge is 0.0720 e. The number of ether oxygens (including phenoxy) is 1. The van der Waals surface area contributed by atoms with Crippen molar-refractivity contribution in [1.29, 1.82) is 0 Å². The van der Waals surface area contributed by atoms with Gasteiger partial charge in [0, 0.05) is 6.54 Å². The van der Waals surface area contributed by atoms with Crippen LogP contribution < -0.4 is 5.73 Å². The molecule has 15 heavy (non-hydrogen) atoms. The van der Waals surface area contributed by atoms with Crippen LogP contribution in [0.5, 0.6) is 0 Å². The van der Waals surface area contributed by atoms with Crippen molar-refractivity contribution in [2.24, 2.45) is 17.1 Å². The lowest BCUT2D eigenvalue weighted by atomic mass is 9.71. The van der Waals surface area contributed by atoms with Gasteiger partial charge in [0.05, 0.1) is 11.7 Å². The second-order valence-electron chi connectivity index (χ2n) is 6.39. The molecule has 88 valence electrons. The van der Waals surface area contributed by atoms with Crippen LogP contribution in [0.2, 0.25) is 0 Å². The molecule has 0 radical (unpaired) electrons. The Hall–Kier alpha value is -0.0800. The molecule has 2 rings (SSSR count). The van der Waals surface area contributed by atoms with E-state index in [1.54, 1.807) is 0 Å². The Bertz CT molecular complexity index is 233. The summed E-state index contributed by atoms with van der Waals surface area (Å²) in [6, 6.07) is 0. The SMILES string of the molecule is CC(C)(C)C1CCCC12CCC(CN)O2. The Labute approximate surface area is 93.6 Å². The summed E-state index contributed by atoms with van der Waals surface area (Å²) in [6.07, 6.45) is 6.65. The quantitative estimate of drug-likeness (QED) is 0.724. The van der Waals surface area contributed by atoms with Gasteiger partial charge < -0.3 is 10.5 Å². The van der Waals surface area contributed by atoms with Crippen molar-refractivity contribution in [2.45, 2.75) is 64.6 Å². The largest absolute Gasteiger partial charge is 0.370 e. The van der Waals surface area contributed by atoms with E-state index >= 15 is 0 Å². The Morgan fingerprint density at radius 1 is 1.27 bits per heavy atom. The van der Waals surface area contributed by atoms with Crippen LogP contribution in [0.25, 0.3) is 0 Å². The lowest BCUT2D eigenvalue weighted by Gasteiger charge is -2.40. The predicted octanol–water partition coefficient (Wildman–Crippen LogP) is 2.71. The van der Waals surface area contributed by atoms with Crippen LogP contribution in [0, 0.1) is 11.3 Å². The first-order valence-corrected chi connectivity index (χ1v) is 6.36. The molecule has 1 saturated carbocycles. The van der Waals surface area contributed by atoms with Gasteiger partial charge in [-0.2, -0.15) is 0 Å². The van der Waals surface area contributed by atoms with Crippen LogP contribution in [0.1, 0.15) is 52.9 Å². The van der Waals surface area contributed by atoms with Crippen LogP contribution in [-0.4, -0.2) is 18.2 Å². The van der Waals surface area contributed by atoms with Crippen molar-refractivity contribution in [3.63, 3.8) is 0 Å². The predicted molar refractivity (Wildman–Crippen MR) is 62.7 cm³/mol. The summed E-state index contributed by atoms with van der Waals surface area (Å²) in [4.78, 5) is 0. The van der Waals surface area contributed by atoms with Gasteiger partial charge >= 0.3 is 0 Å². The molecule has 2 aliphatic rings. The highest BCUT2D eigenvalue weighted by atomic mass is 16.5. The van der Waals surface area contributed by atoms with Crippen molar-refractivity contribution in [1.82, 2.24) is 0 Å². The lowest BCUT2D eigenvalue weighted by molar-refractivity contribution is -0.0891. The summed E-state index contributed by atoms with van der Waals surface area (Å²) in [5.74, 6) is 0.724. The number of hydrogen-bond donors (Lipinski definition) is 1. The Morgan fingerprint density at radius 2 is 2.00 bits per heavy atom. The van der Waals surface area contributed by atoms with Gasteiger partial charge in [0.15, 0.2) is 0 Å². The second-order valence-corrected chi connectivity index (χ2v) is 6.39. The van der Waals surface area contributed by atoms with Gasteiger partial charge in [-0.3, -0.25) is 0 Å². The minimum Gasteiger partial charge on any atom is -0.370 e. The highest BCUT2D eigenvalue weighted by Gasteiger charge is 2.52. The highest BCUT2D eigenvalue weighted by Crippen LogP contribution is 2.53. The molecule has 0 aromatic rings. The van der Waals surface area contributed by atoms with Crippen LogP contribution in [-0.2, 0) is 4.74 Å². The molecule has 1 aliphatic carbocycles. The molecule has 2 fully saturated rings. The van der Waals surface area contributed by atoms with E-state index in [-0.39, 0.29) is 5.60 Å². The van der Waals surface area contributed by atoms with E-state index in [0.717, 1.165) is 5.92 Å². The molecular weight excluding hydrogens is 186 g/mol. The minimum atomic E-state index is 0.183. The van der Waals surface area contributed by atoms with E-state index in [1.165, 1.54) is 32.1 Å². The molecule has 0 aromatic heterocycles. The van der Waals surface area contributed by atoms with Gasteiger partial charge in [-0.25, -0.2) is 0 Å². The average molecular weight is 211 g/mol. The molecule has 2 nitrogen and oxygen atoms in total. The van der Waals surface area contributed by atoms with E-state index in [2.05, 4.69) is 20.8 Å². The maximum Gasteiger partial charge on any atom is 0.0720 e. The van der Waals surface area contributed by atoms with Crippen molar-refractivity contribution < 1.29 is 4.74 Å². The van der Waals surface area contributed by atoms with E-state index in [1.807, 2.05) is 0 Å². The molecule has 2 N–H and O–H groups in total. The Balaban J connectivity index is 2.14. The first-order valence-electron chi connectivity index (χ1n) is 6.36. The molecular formula is C13H25NO. The molecule has 3 atom stereocenters. The molecule has 0 bridgehead atoms. The maximum absolute atomic E-state index is 6.27. The number of rotatable bonds is 1. The van der Waals surface area contributed by atoms with Crippen molar-refractivity contribution in [3.05, 3.63) is 0 Å². The van der Waals surface area contributed by atoms with Crippen LogP contribution in [0.15, 0.2) is 0 Å².